The van der Waals surface area contributed by atoms with Gasteiger partial charge in [0.25, 0.3) is 0 Å². The highest BCUT2D eigenvalue weighted by Crippen LogP contribution is 2.45. The molecule has 0 radical (unpaired) electrons. The van der Waals surface area contributed by atoms with Gasteiger partial charge in [-0.05, 0) is 93.7 Å². The van der Waals surface area contributed by atoms with Crippen molar-refractivity contribution in [3.63, 3.8) is 0 Å². The second kappa shape index (κ2) is 9.61. The Morgan fingerprint density at radius 3 is 2.65 bits per heavy atom. The number of ether oxygens (including phenoxy) is 1. The predicted molar refractivity (Wildman–Crippen MR) is 148 cm³/mol. The molecule has 1 amide bonds. The topological polar surface area (TPSA) is 105 Å². The van der Waals surface area contributed by atoms with Crippen LogP contribution in [0.4, 0.5) is 17.5 Å². The van der Waals surface area contributed by atoms with E-state index in [1.165, 1.54) is 12.8 Å². The number of carbonyl (C=O) groups excluding carboxylic acids is 1. The van der Waals surface area contributed by atoms with Crippen molar-refractivity contribution < 1.29 is 9.53 Å². The van der Waals surface area contributed by atoms with Crippen molar-refractivity contribution in [1.82, 2.24) is 14.9 Å². The van der Waals surface area contributed by atoms with Crippen LogP contribution in [0.3, 0.4) is 0 Å². The molecule has 1 saturated heterocycles. The number of nitrogens with one attached hydrogen (secondary N) is 2. The SMILES string of the molecule is CC(C)(COc1ccc(Nc2nc(N[C@@H]3C4C=CC(C4)[C@@H]3C(N)=O)c3sccc3n2)cc1)N1CCCC1. The Morgan fingerprint density at radius 2 is 1.89 bits per heavy atom. The molecule has 0 spiro atoms. The van der Waals surface area contributed by atoms with Gasteiger partial charge in [-0.15, -0.1) is 11.3 Å². The molecule has 37 heavy (non-hydrogen) atoms. The summed E-state index contributed by atoms with van der Waals surface area (Å²) in [6.07, 6.45) is 7.82. The molecule has 3 heterocycles. The van der Waals surface area contributed by atoms with Crippen LogP contribution in [0.1, 0.15) is 33.1 Å². The summed E-state index contributed by atoms with van der Waals surface area (Å²) in [5, 5.41) is 8.91. The van der Waals surface area contributed by atoms with Gasteiger partial charge < -0.3 is 21.1 Å². The minimum absolute atomic E-state index is 0.0166. The van der Waals surface area contributed by atoms with E-state index >= 15 is 0 Å². The summed E-state index contributed by atoms with van der Waals surface area (Å²) >= 11 is 1.59. The first-order chi connectivity index (χ1) is 17.9. The van der Waals surface area contributed by atoms with Gasteiger partial charge in [-0.2, -0.15) is 4.98 Å². The van der Waals surface area contributed by atoms with Crippen molar-refractivity contribution in [2.45, 2.75) is 44.7 Å². The number of hydrogen-bond acceptors (Lipinski definition) is 8. The number of fused-ring (bicyclic) bond motifs is 3. The quantitative estimate of drug-likeness (QED) is 0.350. The summed E-state index contributed by atoms with van der Waals surface area (Å²) in [5.41, 5.74) is 7.53. The first-order valence-electron chi connectivity index (χ1n) is 13.1. The van der Waals surface area contributed by atoms with Crippen LogP contribution in [-0.4, -0.2) is 52.1 Å². The summed E-state index contributed by atoms with van der Waals surface area (Å²) in [7, 11) is 0. The van der Waals surface area contributed by atoms with E-state index in [-0.39, 0.29) is 35.2 Å². The molecule has 2 unspecified atom stereocenters. The van der Waals surface area contributed by atoms with E-state index in [9.17, 15) is 4.79 Å². The highest BCUT2D eigenvalue weighted by molar-refractivity contribution is 7.17. The Labute approximate surface area is 221 Å². The summed E-state index contributed by atoms with van der Waals surface area (Å²) < 4.78 is 7.11. The number of thiophene rings is 1. The zero-order valence-corrected chi connectivity index (χ0v) is 22.1. The Kier molecular flexibility index (Phi) is 6.28. The molecular formula is C28H34N6O2S. The van der Waals surface area contributed by atoms with Crippen LogP contribution in [0.5, 0.6) is 5.75 Å². The molecule has 6 rings (SSSR count). The zero-order valence-electron chi connectivity index (χ0n) is 21.3. The van der Waals surface area contributed by atoms with Gasteiger partial charge in [-0.3, -0.25) is 9.69 Å². The van der Waals surface area contributed by atoms with Crippen LogP contribution in [0.25, 0.3) is 10.2 Å². The Hall–Kier alpha value is -3.17. The number of nitrogens with two attached hydrogens (primary N) is 1. The monoisotopic (exact) mass is 518 g/mol. The maximum absolute atomic E-state index is 12.2. The Morgan fingerprint density at radius 1 is 1.14 bits per heavy atom. The fourth-order valence-electron chi connectivity index (χ4n) is 6.02. The van der Waals surface area contributed by atoms with Gasteiger partial charge >= 0.3 is 0 Å². The number of carbonyl (C=O) groups is 1. The van der Waals surface area contributed by atoms with E-state index in [0.717, 1.165) is 47.0 Å². The molecule has 4 N–H and O–H groups in total. The lowest BCUT2D eigenvalue weighted by Crippen LogP contribution is -2.46. The Bertz CT molecular complexity index is 1310. The molecule has 3 aromatic rings. The van der Waals surface area contributed by atoms with Crippen molar-refractivity contribution in [2.75, 3.05) is 30.3 Å². The summed E-state index contributed by atoms with van der Waals surface area (Å²) in [4.78, 5) is 24.2. The average Bonchev–Trinajstić information content (AvgIpc) is 3.68. The fraction of sp³-hybridized carbons (Fsp3) is 0.464. The molecule has 4 atom stereocenters. The smallest absolute Gasteiger partial charge is 0.229 e. The molecule has 1 aromatic carbocycles. The maximum atomic E-state index is 12.2. The second-order valence-electron chi connectivity index (χ2n) is 11.0. The van der Waals surface area contributed by atoms with Crippen LogP contribution in [0.2, 0.25) is 0 Å². The third kappa shape index (κ3) is 4.78. The first-order valence-corrected chi connectivity index (χ1v) is 14.0. The minimum Gasteiger partial charge on any atom is -0.492 e. The Balaban J connectivity index is 1.16. The molecule has 2 bridgehead atoms. The third-order valence-corrected chi connectivity index (χ3v) is 8.97. The normalized spacial score (nSPS) is 25.1. The highest BCUT2D eigenvalue weighted by atomic mass is 32.1. The molecule has 2 aromatic heterocycles. The van der Waals surface area contributed by atoms with E-state index in [0.29, 0.717) is 12.6 Å². The van der Waals surface area contributed by atoms with Crippen molar-refractivity contribution in [1.29, 1.82) is 0 Å². The van der Waals surface area contributed by atoms with Gasteiger partial charge in [0.05, 0.1) is 16.1 Å². The van der Waals surface area contributed by atoms with Gasteiger partial charge in [-0.1, -0.05) is 12.2 Å². The van der Waals surface area contributed by atoms with Gasteiger partial charge in [0.15, 0.2) is 0 Å². The number of rotatable bonds is 9. The highest BCUT2D eigenvalue weighted by Gasteiger charge is 2.47. The fourth-order valence-corrected chi connectivity index (χ4v) is 6.80. The number of aromatic nitrogens is 2. The van der Waals surface area contributed by atoms with Gasteiger partial charge in [-0.25, -0.2) is 4.98 Å². The molecule has 9 heteroatoms. The van der Waals surface area contributed by atoms with E-state index in [2.05, 4.69) is 41.5 Å². The molecular weight excluding hydrogens is 484 g/mol. The lowest BCUT2D eigenvalue weighted by molar-refractivity contribution is -0.122. The molecule has 194 valence electrons. The summed E-state index contributed by atoms with van der Waals surface area (Å²) in [6.45, 7) is 7.43. The standard InChI is InChI=1S/C28H34N6O2S/c1-28(2,34-12-3-4-13-34)16-36-20-9-7-19(8-10-20)30-27-31-21-11-14-37-24(21)26(33-27)32-23-18-6-5-17(15-18)22(23)25(29)35/h5-11,14,17-18,22-23H,3-4,12-13,15-16H2,1-2H3,(H2,29,35)(H2,30,31,32,33)/t17?,18?,22-,23+/m0/s1. The maximum Gasteiger partial charge on any atom is 0.229 e. The number of hydrogen-bond donors (Lipinski definition) is 3. The third-order valence-electron chi connectivity index (χ3n) is 8.06. The van der Waals surface area contributed by atoms with E-state index in [1.807, 2.05) is 35.7 Å². The minimum atomic E-state index is -0.254. The van der Waals surface area contributed by atoms with Crippen molar-refractivity contribution in [3.8, 4) is 5.75 Å². The molecule has 2 fully saturated rings. The predicted octanol–water partition coefficient (Wildman–Crippen LogP) is 4.78. The van der Waals surface area contributed by atoms with Gasteiger partial charge in [0.1, 0.15) is 18.2 Å². The second-order valence-corrected chi connectivity index (χ2v) is 11.9. The lowest BCUT2D eigenvalue weighted by Gasteiger charge is -2.35. The number of primary amides is 1. The zero-order chi connectivity index (χ0) is 25.6. The van der Waals surface area contributed by atoms with Gasteiger partial charge in [0.2, 0.25) is 11.9 Å². The summed E-state index contributed by atoms with van der Waals surface area (Å²) in [6, 6.07) is 9.85. The molecule has 1 aliphatic heterocycles. The number of benzene rings is 1. The van der Waals surface area contributed by atoms with Crippen LogP contribution < -0.4 is 21.1 Å². The number of amides is 1. The van der Waals surface area contributed by atoms with Crippen LogP contribution >= 0.6 is 11.3 Å². The molecule has 1 saturated carbocycles. The van der Waals surface area contributed by atoms with E-state index < -0.39 is 0 Å². The van der Waals surface area contributed by atoms with Crippen molar-refractivity contribution in [2.24, 2.45) is 23.5 Å². The van der Waals surface area contributed by atoms with E-state index in [4.69, 9.17) is 20.4 Å². The van der Waals surface area contributed by atoms with Crippen LogP contribution in [-0.2, 0) is 4.79 Å². The molecule has 2 aliphatic carbocycles. The summed E-state index contributed by atoms with van der Waals surface area (Å²) in [5.74, 6) is 2.10. The van der Waals surface area contributed by atoms with Gasteiger partial charge in [0, 0.05) is 17.3 Å². The number of likely N-dealkylation sites (tertiary alicyclic amines) is 1. The lowest BCUT2D eigenvalue weighted by atomic mass is 9.88. The van der Waals surface area contributed by atoms with Crippen molar-refractivity contribution >= 4 is 44.9 Å². The first kappa shape index (κ1) is 24.2. The largest absolute Gasteiger partial charge is 0.492 e. The van der Waals surface area contributed by atoms with Crippen molar-refractivity contribution in [3.05, 3.63) is 47.9 Å². The molecule has 3 aliphatic rings. The number of anilines is 3. The van der Waals surface area contributed by atoms with Crippen LogP contribution in [0, 0.1) is 17.8 Å². The molecule has 8 nitrogen and oxygen atoms in total. The number of allylic oxidation sites excluding steroid dienone is 1. The van der Waals surface area contributed by atoms with Crippen LogP contribution in [0.15, 0.2) is 47.9 Å². The number of nitrogens with zero attached hydrogens (tertiary/aromatic N) is 3. The van der Waals surface area contributed by atoms with E-state index in [1.54, 1.807) is 11.3 Å². The average molecular weight is 519 g/mol.